The first-order valence-corrected chi connectivity index (χ1v) is 9.04. The Morgan fingerprint density at radius 2 is 1.89 bits per heavy atom. The lowest BCUT2D eigenvalue weighted by Crippen LogP contribution is -2.34. The SMILES string of the molecule is Cc1cc(Cl)cc(C)c1OCC(=O)N[C@@H](c1ccccc1)c1nccn1C. The normalized spacial score (nSPS) is 11.9. The Morgan fingerprint density at radius 1 is 1.22 bits per heavy atom. The zero-order valence-electron chi connectivity index (χ0n) is 15.6. The topological polar surface area (TPSA) is 56.1 Å². The van der Waals surface area contributed by atoms with Gasteiger partial charge in [-0.15, -0.1) is 0 Å². The molecule has 0 aliphatic carbocycles. The molecule has 0 spiro atoms. The summed E-state index contributed by atoms with van der Waals surface area (Å²) in [5, 5.41) is 3.68. The molecule has 0 aliphatic heterocycles. The predicted molar refractivity (Wildman–Crippen MR) is 106 cm³/mol. The van der Waals surface area contributed by atoms with Crippen molar-refractivity contribution in [3.05, 3.63) is 82.4 Å². The summed E-state index contributed by atoms with van der Waals surface area (Å²) in [6.07, 6.45) is 3.57. The number of aromatic nitrogens is 2. The highest BCUT2D eigenvalue weighted by Crippen LogP contribution is 2.27. The van der Waals surface area contributed by atoms with E-state index in [9.17, 15) is 4.79 Å². The van der Waals surface area contributed by atoms with Crippen molar-refractivity contribution in [2.75, 3.05) is 6.61 Å². The molecule has 0 bridgehead atoms. The Balaban J connectivity index is 1.75. The van der Waals surface area contributed by atoms with Crippen molar-refractivity contribution in [1.29, 1.82) is 0 Å². The van der Waals surface area contributed by atoms with E-state index in [0.29, 0.717) is 10.8 Å². The lowest BCUT2D eigenvalue weighted by atomic mass is 10.1. The van der Waals surface area contributed by atoms with Crippen LogP contribution in [0, 0.1) is 13.8 Å². The number of benzene rings is 2. The largest absolute Gasteiger partial charge is 0.483 e. The monoisotopic (exact) mass is 383 g/mol. The molecule has 140 valence electrons. The number of aryl methyl sites for hydroxylation is 3. The van der Waals surface area contributed by atoms with Crippen LogP contribution in [0.1, 0.15) is 28.6 Å². The molecule has 1 heterocycles. The van der Waals surface area contributed by atoms with Gasteiger partial charge in [0, 0.05) is 24.5 Å². The fraction of sp³-hybridized carbons (Fsp3) is 0.238. The molecule has 0 saturated carbocycles. The Kier molecular flexibility index (Phi) is 5.81. The molecule has 1 aromatic heterocycles. The first-order valence-electron chi connectivity index (χ1n) is 8.67. The van der Waals surface area contributed by atoms with Gasteiger partial charge in [-0.05, 0) is 42.7 Å². The third-order valence-electron chi connectivity index (χ3n) is 4.33. The summed E-state index contributed by atoms with van der Waals surface area (Å²) in [6, 6.07) is 13.0. The van der Waals surface area contributed by atoms with Crippen LogP contribution < -0.4 is 10.1 Å². The molecule has 3 aromatic rings. The maximum absolute atomic E-state index is 12.6. The summed E-state index contributed by atoms with van der Waals surface area (Å²) < 4.78 is 7.67. The fourth-order valence-electron chi connectivity index (χ4n) is 3.06. The van der Waals surface area contributed by atoms with Gasteiger partial charge in [0.05, 0.1) is 0 Å². The van der Waals surface area contributed by atoms with E-state index < -0.39 is 0 Å². The molecule has 0 radical (unpaired) electrons. The van der Waals surface area contributed by atoms with E-state index in [1.807, 2.05) is 74.1 Å². The number of ether oxygens (including phenoxy) is 1. The van der Waals surface area contributed by atoms with Gasteiger partial charge in [0.25, 0.3) is 5.91 Å². The van der Waals surface area contributed by atoms with Crippen LogP contribution in [0.15, 0.2) is 54.9 Å². The van der Waals surface area contributed by atoms with Crippen molar-refractivity contribution in [1.82, 2.24) is 14.9 Å². The molecule has 27 heavy (non-hydrogen) atoms. The van der Waals surface area contributed by atoms with Gasteiger partial charge in [0.2, 0.25) is 0 Å². The molecule has 1 N–H and O–H groups in total. The number of carbonyl (C=O) groups is 1. The predicted octanol–water partition coefficient (Wildman–Crippen LogP) is 3.97. The third-order valence-corrected chi connectivity index (χ3v) is 4.55. The average molecular weight is 384 g/mol. The number of halogens is 1. The number of hydrogen-bond donors (Lipinski definition) is 1. The number of nitrogens with one attached hydrogen (secondary N) is 1. The van der Waals surface area contributed by atoms with Gasteiger partial charge in [-0.25, -0.2) is 4.98 Å². The highest BCUT2D eigenvalue weighted by molar-refractivity contribution is 6.30. The number of rotatable bonds is 6. The number of nitrogens with zero attached hydrogens (tertiary/aromatic N) is 2. The second-order valence-corrected chi connectivity index (χ2v) is 6.90. The van der Waals surface area contributed by atoms with Crippen molar-refractivity contribution in [2.45, 2.75) is 19.9 Å². The van der Waals surface area contributed by atoms with Crippen LogP contribution in [-0.4, -0.2) is 22.1 Å². The van der Waals surface area contributed by atoms with Crippen LogP contribution in [0.2, 0.25) is 5.02 Å². The number of hydrogen-bond acceptors (Lipinski definition) is 3. The van der Waals surface area contributed by atoms with Crippen LogP contribution in [0.4, 0.5) is 0 Å². The van der Waals surface area contributed by atoms with Crippen LogP contribution in [0.5, 0.6) is 5.75 Å². The molecular weight excluding hydrogens is 362 g/mol. The van der Waals surface area contributed by atoms with Crippen LogP contribution in [-0.2, 0) is 11.8 Å². The minimum absolute atomic E-state index is 0.0862. The van der Waals surface area contributed by atoms with Crippen molar-refractivity contribution >= 4 is 17.5 Å². The van der Waals surface area contributed by atoms with Crippen LogP contribution >= 0.6 is 11.6 Å². The molecular formula is C21H22ClN3O2. The lowest BCUT2D eigenvalue weighted by molar-refractivity contribution is -0.123. The lowest BCUT2D eigenvalue weighted by Gasteiger charge is -2.20. The molecule has 1 atom stereocenters. The summed E-state index contributed by atoms with van der Waals surface area (Å²) in [5.41, 5.74) is 2.76. The summed E-state index contributed by atoms with van der Waals surface area (Å²) in [6.45, 7) is 3.73. The first kappa shape index (κ1) is 19.0. The average Bonchev–Trinajstić information content (AvgIpc) is 3.05. The van der Waals surface area contributed by atoms with E-state index in [-0.39, 0.29) is 18.6 Å². The van der Waals surface area contributed by atoms with Crippen molar-refractivity contribution in [3.63, 3.8) is 0 Å². The minimum atomic E-state index is -0.352. The van der Waals surface area contributed by atoms with Gasteiger partial charge in [0.1, 0.15) is 17.6 Å². The van der Waals surface area contributed by atoms with Gasteiger partial charge in [0.15, 0.2) is 6.61 Å². The van der Waals surface area contributed by atoms with Crippen molar-refractivity contribution < 1.29 is 9.53 Å². The van der Waals surface area contributed by atoms with Gasteiger partial charge >= 0.3 is 0 Å². The van der Waals surface area contributed by atoms with E-state index in [1.165, 1.54) is 0 Å². The first-order chi connectivity index (χ1) is 13.0. The quantitative estimate of drug-likeness (QED) is 0.700. The zero-order valence-corrected chi connectivity index (χ0v) is 16.3. The van der Waals surface area contributed by atoms with Gasteiger partial charge in [-0.2, -0.15) is 0 Å². The summed E-state index contributed by atoms with van der Waals surface area (Å²) >= 11 is 6.05. The molecule has 6 heteroatoms. The molecule has 0 aliphatic rings. The summed E-state index contributed by atoms with van der Waals surface area (Å²) in [4.78, 5) is 17.0. The van der Waals surface area contributed by atoms with E-state index in [4.69, 9.17) is 16.3 Å². The number of amides is 1. The Labute approximate surface area is 164 Å². The van der Waals surface area contributed by atoms with Gasteiger partial charge < -0.3 is 14.6 Å². The molecule has 0 saturated heterocycles. The second-order valence-electron chi connectivity index (χ2n) is 6.46. The molecule has 0 unspecified atom stereocenters. The van der Waals surface area contributed by atoms with E-state index in [1.54, 1.807) is 6.20 Å². The standard InChI is InChI=1S/C21H22ClN3O2/c1-14-11-17(22)12-15(2)20(14)27-13-18(26)24-19(16-7-5-4-6-8-16)21-23-9-10-25(21)3/h4-12,19H,13H2,1-3H3,(H,24,26)/t19-/m0/s1. The Hall–Kier alpha value is -2.79. The fourth-order valence-corrected chi connectivity index (χ4v) is 3.39. The van der Waals surface area contributed by atoms with E-state index in [2.05, 4.69) is 10.3 Å². The maximum Gasteiger partial charge on any atom is 0.258 e. The highest BCUT2D eigenvalue weighted by Gasteiger charge is 2.21. The number of carbonyl (C=O) groups excluding carboxylic acids is 1. The maximum atomic E-state index is 12.6. The Bertz CT molecular complexity index is 915. The van der Waals surface area contributed by atoms with Gasteiger partial charge in [-0.1, -0.05) is 41.9 Å². The van der Waals surface area contributed by atoms with Gasteiger partial charge in [-0.3, -0.25) is 4.79 Å². The summed E-state index contributed by atoms with van der Waals surface area (Å²) in [5.74, 6) is 1.22. The molecule has 5 nitrogen and oxygen atoms in total. The summed E-state index contributed by atoms with van der Waals surface area (Å²) in [7, 11) is 1.90. The molecule has 1 amide bonds. The van der Waals surface area contributed by atoms with Crippen LogP contribution in [0.25, 0.3) is 0 Å². The smallest absolute Gasteiger partial charge is 0.258 e. The molecule has 0 fully saturated rings. The van der Waals surface area contributed by atoms with E-state index >= 15 is 0 Å². The van der Waals surface area contributed by atoms with Crippen LogP contribution in [0.3, 0.4) is 0 Å². The minimum Gasteiger partial charge on any atom is -0.483 e. The number of imidazole rings is 1. The van der Waals surface area contributed by atoms with Crippen molar-refractivity contribution in [2.24, 2.45) is 7.05 Å². The molecule has 2 aromatic carbocycles. The third kappa shape index (κ3) is 4.49. The highest BCUT2D eigenvalue weighted by atomic mass is 35.5. The van der Waals surface area contributed by atoms with Crippen molar-refractivity contribution in [3.8, 4) is 5.75 Å². The van der Waals surface area contributed by atoms with E-state index in [0.717, 1.165) is 22.5 Å². The second kappa shape index (κ2) is 8.27. The molecule has 3 rings (SSSR count). The zero-order chi connectivity index (χ0) is 19.4. The Morgan fingerprint density at radius 3 is 2.48 bits per heavy atom.